The highest BCUT2D eigenvalue weighted by molar-refractivity contribution is 7.89. The van der Waals surface area contributed by atoms with Gasteiger partial charge < -0.3 is 14.5 Å². The van der Waals surface area contributed by atoms with Crippen LogP contribution in [0.5, 0.6) is 0 Å². The van der Waals surface area contributed by atoms with Gasteiger partial charge in [-0.25, -0.2) is 17.5 Å². The maximum absolute atomic E-state index is 13.1. The van der Waals surface area contributed by atoms with E-state index >= 15 is 0 Å². The summed E-state index contributed by atoms with van der Waals surface area (Å²) in [5.74, 6) is -0.465. The molecule has 0 radical (unpaired) electrons. The van der Waals surface area contributed by atoms with Crippen molar-refractivity contribution in [2.75, 3.05) is 6.61 Å². The molecule has 29 heavy (non-hydrogen) atoms. The fourth-order valence-corrected chi connectivity index (χ4v) is 5.23. The molecule has 0 spiro atoms. The summed E-state index contributed by atoms with van der Waals surface area (Å²) in [6, 6.07) is 12.6. The summed E-state index contributed by atoms with van der Waals surface area (Å²) in [5, 5.41) is 10.5. The average Bonchev–Trinajstić information content (AvgIpc) is 3.03. The number of aliphatic hydroxyl groups excluding tert-OH is 1. The van der Waals surface area contributed by atoms with Crippen LogP contribution in [0.3, 0.4) is 0 Å². The van der Waals surface area contributed by atoms with E-state index in [1.165, 1.54) is 17.8 Å². The van der Waals surface area contributed by atoms with Gasteiger partial charge in [0.05, 0.1) is 11.5 Å². The molecule has 1 unspecified atom stereocenters. The predicted octanol–water partition coefficient (Wildman–Crippen LogP) is 2.42. The second kappa shape index (κ2) is 8.86. The number of fused-ring (bicyclic) bond motifs is 3. The van der Waals surface area contributed by atoms with Crippen molar-refractivity contribution in [3.05, 3.63) is 65.6 Å². The van der Waals surface area contributed by atoms with Crippen LogP contribution >= 0.6 is 0 Å². The monoisotopic (exact) mass is 418 g/mol. The SMILES string of the molecule is C=O.O=S(=O)(NC1CCc2c(c3ccccc3n2CCO)C1)c1ccc(F)cc1. The molecule has 0 amide bonds. The minimum atomic E-state index is -3.70. The van der Waals surface area contributed by atoms with Crippen molar-refractivity contribution in [2.24, 2.45) is 0 Å². The molecule has 4 rings (SSSR count). The van der Waals surface area contributed by atoms with Gasteiger partial charge in [-0.2, -0.15) is 0 Å². The number of benzene rings is 2. The standard InChI is InChI=1S/C20H21FN2O3S.CH2O/c21-14-5-8-16(9-6-14)27(25,26)22-15-7-10-20-18(13-15)17-3-1-2-4-19(17)23(20)11-12-24;1-2/h1-6,8-9,15,22,24H,7,10-13H2;1H2. The minimum Gasteiger partial charge on any atom is -0.395 e. The molecule has 2 N–H and O–H groups in total. The van der Waals surface area contributed by atoms with Gasteiger partial charge in [-0.3, -0.25) is 0 Å². The van der Waals surface area contributed by atoms with Crippen LogP contribution in [-0.4, -0.2) is 37.5 Å². The fourth-order valence-electron chi connectivity index (χ4n) is 3.96. The number of aliphatic hydroxyl groups is 1. The third kappa shape index (κ3) is 4.24. The smallest absolute Gasteiger partial charge is 0.240 e. The van der Waals surface area contributed by atoms with Gasteiger partial charge in [0, 0.05) is 29.2 Å². The van der Waals surface area contributed by atoms with Crippen LogP contribution < -0.4 is 4.72 Å². The Bertz CT molecular complexity index is 1090. The van der Waals surface area contributed by atoms with Gasteiger partial charge >= 0.3 is 0 Å². The Morgan fingerprint density at radius 1 is 1.14 bits per heavy atom. The minimum absolute atomic E-state index is 0.0612. The quantitative estimate of drug-likeness (QED) is 0.666. The van der Waals surface area contributed by atoms with Gasteiger partial charge in [0.25, 0.3) is 0 Å². The third-order valence-corrected chi connectivity index (χ3v) is 6.68. The molecule has 1 aliphatic carbocycles. The lowest BCUT2D eigenvalue weighted by Crippen LogP contribution is -2.39. The van der Waals surface area contributed by atoms with Crippen LogP contribution in [0.25, 0.3) is 10.9 Å². The predicted molar refractivity (Wildman–Crippen MR) is 109 cm³/mol. The molecule has 1 aromatic heterocycles. The van der Waals surface area contributed by atoms with Crippen molar-refractivity contribution in [1.29, 1.82) is 0 Å². The van der Waals surface area contributed by atoms with Gasteiger partial charge in [0.2, 0.25) is 10.0 Å². The number of aromatic nitrogens is 1. The van der Waals surface area contributed by atoms with Crippen LogP contribution in [0.15, 0.2) is 53.4 Å². The van der Waals surface area contributed by atoms with Gasteiger partial charge in [0.15, 0.2) is 0 Å². The summed E-state index contributed by atoms with van der Waals surface area (Å²) in [5.41, 5.74) is 3.37. The molecule has 1 heterocycles. The number of carbonyl (C=O) groups is 1. The van der Waals surface area contributed by atoms with E-state index in [1.54, 1.807) is 0 Å². The third-order valence-electron chi connectivity index (χ3n) is 5.14. The van der Waals surface area contributed by atoms with Crippen molar-refractivity contribution in [3.8, 4) is 0 Å². The van der Waals surface area contributed by atoms with Gasteiger partial charge in [-0.15, -0.1) is 0 Å². The first-order valence-electron chi connectivity index (χ1n) is 9.26. The summed E-state index contributed by atoms with van der Waals surface area (Å²) in [6.07, 6.45) is 2.00. The first kappa shape index (κ1) is 21.2. The molecule has 8 heteroatoms. The Morgan fingerprint density at radius 2 is 1.83 bits per heavy atom. The zero-order chi connectivity index (χ0) is 21.0. The van der Waals surface area contributed by atoms with E-state index in [1.807, 2.05) is 31.1 Å². The Balaban J connectivity index is 0.00000117. The topological polar surface area (TPSA) is 88.4 Å². The average molecular weight is 418 g/mol. The molecule has 0 saturated heterocycles. The normalized spacial score (nSPS) is 16.1. The molecule has 0 saturated carbocycles. The van der Waals surface area contributed by atoms with Crippen LogP contribution in [0, 0.1) is 5.82 Å². The Hall–Kier alpha value is -2.55. The van der Waals surface area contributed by atoms with E-state index in [2.05, 4.69) is 9.29 Å². The lowest BCUT2D eigenvalue weighted by molar-refractivity contribution is -0.0980. The zero-order valence-electron chi connectivity index (χ0n) is 15.8. The van der Waals surface area contributed by atoms with E-state index in [0.717, 1.165) is 35.0 Å². The molecule has 0 fully saturated rings. The van der Waals surface area contributed by atoms with Crippen LogP contribution in [0.4, 0.5) is 4.39 Å². The first-order valence-corrected chi connectivity index (χ1v) is 10.7. The highest BCUT2D eigenvalue weighted by Crippen LogP contribution is 2.32. The zero-order valence-corrected chi connectivity index (χ0v) is 16.7. The van der Waals surface area contributed by atoms with E-state index in [0.29, 0.717) is 19.4 Å². The molecule has 6 nitrogen and oxygen atoms in total. The molecule has 2 aromatic carbocycles. The number of hydrogen-bond donors (Lipinski definition) is 2. The number of hydrogen-bond acceptors (Lipinski definition) is 4. The first-order chi connectivity index (χ1) is 14.0. The largest absolute Gasteiger partial charge is 0.395 e. The van der Waals surface area contributed by atoms with Crippen molar-refractivity contribution < 1.29 is 22.7 Å². The Morgan fingerprint density at radius 3 is 2.52 bits per heavy atom. The molecule has 1 atom stereocenters. The number of nitrogens with one attached hydrogen (secondary N) is 1. The second-order valence-corrected chi connectivity index (χ2v) is 8.55. The molecule has 1 aliphatic rings. The molecular formula is C21H23FN2O4S. The lowest BCUT2D eigenvalue weighted by atomic mass is 9.92. The summed E-state index contributed by atoms with van der Waals surface area (Å²) in [7, 11) is -3.70. The van der Waals surface area contributed by atoms with E-state index in [9.17, 15) is 17.9 Å². The van der Waals surface area contributed by atoms with E-state index < -0.39 is 15.8 Å². The molecule has 154 valence electrons. The number of para-hydroxylation sites is 1. The Kier molecular flexibility index (Phi) is 6.46. The van der Waals surface area contributed by atoms with Gasteiger partial charge in [0.1, 0.15) is 12.6 Å². The fraction of sp³-hybridized carbons (Fsp3) is 0.286. The van der Waals surface area contributed by atoms with Crippen molar-refractivity contribution in [1.82, 2.24) is 9.29 Å². The highest BCUT2D eigenvalue weighted by atomic mass is 32.2. The van der Waals surface area contributed by atoms with Crippen molar-refractivity contribution in [2.45, 2.75) is 36.7 Å². The van der Waals surface area contributed by atoms with E-state index in [4.69, 9.17) is 4.79 Å². The molecular weight excluding hydrogens is 395 g/mol. The molecule has 0 bridgehead atoms. The number of sulfonamides is 1. The summed E-state index contributed by atoms with van der Waals surface area (Å²) < 4.78 is 43.2. The number of carbonyl (C=O) groups excluding carboxylic acids is 1. The van der Waals surface area contributed by atoms with Crippen molar-refractivity contribution >= 4 is 27.7 Å². The van der Waals surface area contributed by atoms with Crippen LogP contribution in [0.2, 0.25) is 0 Å². The van der Waals surface area contributed by atoms with Crippen LogP contribution in [0.1, 0.15) is 17.7 Å². The summed E-state index contributed by atoms with van der Waals surface area (Å²) in [6.45, 7) is 2.59. The van der Waals surface area contributed by atoms with Crippen LogP contribution in [-0.2, 0) is 34.2 Å². The maximum atomic E-state index is 13.1. The number of rotatable bonds is 5. The van der Waals surface area contributed by atoms with Crippen molar-refractivity contribution in [3.63, 3.8) is 0 Å². The highest BCUT2D eigenvalue weighted by Gasteiger charge is 2.28. The van der Waals surface area contributed by atoms with Gasteiger partial charge in [-0.1, -0.05) is 18.2 Å². The van der Waals surface area contributed by atoms with Gasteiger partial charge in [-0.05, 0) is 55.2 Å². The maximum Gasteiger partial charge on any atom is 0.240 e. The number of halogens is 1. The number of nitrogens with zero attached hydrogens (tertiary/aromatic N) is 1. The molecule has 0 aliphatic heterocycles. The summed E-state index contributed by atoms with van der Waals surface area (Å²) in [4.78, 5) is 8.07. The lowest BCUT2D eigenvalue weighted by Gasteiger charge is -2.25. The van der Waals surface area contributed by atoms with E-state index in [-0.39, 0.29) is 17.5 Å². The molecule has 3 aromatic rings. The Labute approximate surface area is 169 Å². The second-order valence-electron chi connectivity index (χ2n) is 6.83. The summed E-state index contributed by atoms with van der Waals surface area (Å²) >= 11 is 0.